The molecule has 0 saturated carbocycles. The van der Waals surface area contributed by atoms with Crippen molar-refractivity contribution < 1.29 is 4.79 Å². The van der Waals surface area contributed by atoms with Crippen LogP contribution in [0.25, 0.3) is 16.6 Å². The number of aromatic nitrogens is 3. The molecule has 0 atom stereocenters. The highest BCUT2D eigenvalue weighted by Gasteiger charge is 2.17. The average molecular weight is 438 g/mol. The minimum absolute atomic E-state index is 0.0487. The topological polar surface area (TPSA) is 91.0 Å². The molecule has 0 aromatic carbocycles. The average Bonchev–Trinajstić information content (AvgIpc) is 2.78. The lowest BCUT2D eigenvalue weighted by atomic mass is 10.0. The number of amides is 1. The van der Waals surface area contributed by atoms with Gasteiger partial charge in [-0.1, -0.05) is 24.6 Å². The number of carbonyl (C=O) groups excluding carboxylic acids is 1. The second-order valence-corrected chi connectivity index (χ2v) is 7.94. The number of aryl methyl sites for hydroxylation is 1. The number of halogens is 1. The number of fused-ring (bicyclic) bond motifs is 1. The monoisotopic (exact) mass is 437 g/mol. The van der Waals surface area contributed by atoms with Gasteiger partial charge in [-0.15, -0.1) is 0 Å². The SMILES string of the molecule is CCc1cc2ncc(CN3CC=C(c4ccc(C(=O)NC)nc4Cl)CC3)cc2[nH]c1=O. The minimum Gasteiger partial charge on any atom is -0.354 e. The van der Waals surface area contributed by atoms with E-state index in [2.05, 4.69) is 31.2 Å². The highest BCUT2D eigenvalue weighted by Crippen LogP contribution is 2.28. The number of nitrogens with zero attached hydrogens (tertiary/aromatic N) is 3. The number of hydrogen-bond acceptors (Lipinski definition) is 5. The largest absolute Gasteiger partial charge is 0.354 e. The zero-order valence-corrected chi connectivity index (χ0v) is 18.3. The zero-order valence-electron chi connectivity index (χ0n) is 17.5. The number of H-pyrrole nitrogens is 1. The number of carbonyl (C=O) groups is 1. The lowest BCUT2D eigenvalue weighted by molar-refractivity contribution is 0.0958. The van der Waals surface area contributed by atoms with Gasteiger partial charge in [0.2, 0.25) is 0 Å². The van der Waals surface area contributed by atoms with Crippen molar-refractivity contribution in [3.63, 3.8) is 0 Å². The molecule has 7 nitrogen and oxygen atoms in total. The summed E-state index contributed by atoms with van der Waals surface area (Å²) in [7, 11) is 1.56. The van der Waals surface area contributed by atoms with Gasteiger partial charge in [-0.2, -0.15) is 0 Å². The third-order valence-electron chi connectivity index (χ3n) is 5.56. The molecule has 3 aromatic heterocycles. The Kier molecular flexibility index (Phi) is 6.15. The molecule has 0 saturated heterocycles. The standard InChI is InChI=1S/C23H24ClN5O2/c1-3-15-11-19-20(28-22(15)30)10-14(12-26-19)13-29-8-6-16(7-9-29)17-4-5-18(23(31)25-2)27-21(17)24/h4-6,10-12H,3,7-9,13H2,1-2H3,(H,25,31)(H,28,30). The molecule has 0 aliphatic carbocycles. The Labute approximate surface area is 185 Å². The second kappa shape index (κ2) is 8.99. The molecule has 4 heterocycles. The zero-order chi connectivity index (χ0) is 22.0. The van der Waals surface area contributed by atoms with Crippen LogP contribution in [0.1, 0.15) is 40.5 Å². The lowest BCUT2D eigenvalue weighted by Gasteiger charge is -2.26. The molecule has 0 spiro atoms. The number of aromatic amines is 1. The third kappa shape index (κ3) is 4.52. The van der Waals surface area contributed by atoms with Crippen molar-refractivity contribution in [2.24, 2.45) is 0 Å². The van der Waals surface area contributed by atoms with Gasteiger partial charge in [0.15, 0.2) is 0 Å². The van der Waals surface area contributed by atoms with E-state index in [0.717, 1.165) is 59.4 Å². The van der Waals surface area contributed by atoms with Gasteiger partial charge in [-0.25, -0.2) is 4.98 Å². The quantitative estimate of drug-likeness (QED) is 0.598. The summed E-state index contributed by atoms with van der Waals surface area (Å²) in [6.45, 7) is 4.34. The predicted molar refractivity (Wildman–Crippen MR) is 122 cm³/mol. The van der Waals surface area contributed by atoms with Crippen molar-refractivity contribution in [2.75, 3.05) is 20.1 Å². The summed E-state index contributed by atoms with van der Waals surface area (Å²) in [5.74, 6) is -0.256. The maximum Gasteiger partial charge on any atom is 0.269 e. The fourth-order valence-corrected chi connectivity index (χ4v) is 4.08. The summed E-state index contributed by atoms with van der Waals surface area (Å²) in [5.41, 5.74) is 5.63. The first-order valence-corrected chi connectivity index (χ1v) is 10.7. The second-order valence-electron chi connectivity index (χ2n) is 7.58. The smallest absolute Gasteiger partial charge is 0.269 e. The van der Waals surface area contributed by atoms with Crippen LogP contribution in [-0.4, -0.2) is 45.9 Å². The molecule has 3 aromatic rings. The molecular formula is C23H24ClN5O2. The van der Waals surface area contributed by atoms with Crippen LogP contribution >= 0.6 is 11.6 Å². The van der Waals surface area contributed by atoms with Gasteiger partial charge >= 0.3 is 0 Å². The summed E-state index contributed by atoms with van der Waals surface area (Å²) in [6, 6.07) is 7.41. The molecule has 0 bridgehead atoms. The van der Waals surface area contributed by atoms with Crippen LogP contribution in [0.15, 0.2) is 41.3 Å². The van der Waals surface area contributed by atoms with Crippen LogP contribution in [0.4, 0.5) is 0 Å². The molecule has 31 heavy (non-hydrogen) atoms. The van der Waals surface area contributed by atoms with Crippen molar-refractivity contribution >= 4 is 34.1 Å². The maximum atomic E-state index is 12.1. The van der Waals surface area contributed by atoms with Crippen LogP contribution in [-0.2, 0) is 13.0 Å². The highest BCUT2D eigenvalue weighted by molar-refractivity contribution is 6.31. The number of nitrogens with one attached hydrogen (secondary N) is 2. The first-order valence-electron chi connectivity index (χ1n) is 10.3. The van der Waals surface area contributed by atoms with E-state index in [1.165, 1.54) is 0 Å². The Hall–Kier alpha value is -3.03. The van der Waals surface area contributed by atoms with E-state index in [-0.39, 0.29) is 11.5 Å². The molecule has 160 valence electrons. The summed E-state index contributed by atoms with van der Waals surface area (Å²) in [6.07, 6.45) is 5.54. The lowest BCUT2D eigenvalue weighted by Crippen LogP contribution is -2.28. The van der Waals surface area contributed by atoms with Crippen molar-refractivity contribution in [2.45, 2.75) is 26.3 Å². The molecule has 4 rings (SSSR count). The van der Waals surface area contributed by atoms with Crippen LogP contribution < -0.4 is 10.9 Å². The third-order valence-corrected chi connectivity index (χ3v) is 5.85. The molecule has 1 amide bonds. The Morgan fingerprint density at radius 1 is 1.32 bits per heavy atom. The molecule has 0 fully saturated rings. The van der Waals surface area contributed by atoms with Gasteiger partial charge in [0.25, 0.3) is 11.5 Å². The summed E-state index contributed by atoms with van der Waals surface area (Å²) in [4.78, 5) is 37.8. The minimum atomic E-state index is -0.256. The molecule has 8 heteroatoms. The molecular weight excluding hydrogens is 414 g/mol. The summed E-state index contributed by atoms with van der Waals surface area (Å²) in [5, 5.41) is 2.89. The Morgan fingerprint density at radius 3 is 2.84 bits per heavy atom. The van der Waals surface area contributed by atoms with Gasteiger partial charge < -0.3 is 10.3 Å². The Balaban J connectivity index is 1.47. The Bertz CT molecular complexity index is 1230. The molecule has 2 N–H and O–H groups in total. The fourth-order valence-electron chi connectivity index (χ4n) is 3.80. The number of rotatable bonds is 5. The van der Waals surface area contributed by atoms with Gasteiger partial charge in [0.05, 0.1) is 11.0 Å². The maximum absolute atomic E-state index is 12.1. The van der Waals surface area contributed by atoms with Gasteiger partial charge in [0.1, 0.15) is 10.8 Å². The van der Waals surface area contributed by atoms with E-state index >= 15 is 0 Å². The van der Waals surface area contributed by atoms with E-state index in [0.29, 0.717) is 17.3 Å². The van der Waals surface area contributed by atoms with Crippen LogP contribution in [0.2, 0.25) is 5.15 Å². The van der Waals surface area contributed by atoms with Crippen LogP contribution in [0.3, 0.4) is 0 Å². The molecule has 1 aliphatic rings. The highest BCUT2D eigenvalue weighted by atomic mass is 35.5. The number of pyridine rings is 3. The van der Waals surface area contributed by atoms with Crippen LogP contribution in [0.5, 0.6) is 0 Å². The van der Waals surface area contributed by atoms with E-state index < -0.39 is 0 Å². The van der Waals surface area contributed by atoms with E-state index in [4.69, 9.17) is 11.6 Å². The summed E-state index contributed by atoms with van der Waals surface area (Å²) < 4.78 is 0. The van der Waals surface area contributed by atoms with E-state index in [1.807, 2.05) is 31.3 Å². The fraction of sp³-hybridized carbons (Fsp3) is 0.304. The Morgan fingerprint density at radius 2 is 2.16 bits per heavy atom. The van der Waals surface area contributed by atoms with Gasteiger partial charge in [-0.05, 0) is 48.2 Å². The van der Waals surface area contributed by atoms with Crippen molar-refractivity contribution in [3.8, 4) is 0 Å². The summed E-state index contributed by atoms with van der Waals surface area (Å²) >= 11 is 6.34. The van der Waals surface area contributed by atoms with E-state index in [1.54, 1.807) is 13.1 Å². The molecule has 1 aliphatic heterocycles. The van der Waals surface area contributed by atoms with Gasteiger partial charge in [0, 0.05) is 44.0 Å². The van der Waals surface area contributed by atoms with Gasteiger partial charge in [-0.3, -0.25) is 19.5 Å². The van der Waals surface area contributed by atoms with Crippen molar-refractivity contribution in [3.05, 3.63) is 74.4 Å². The number of hydrogen-bond donors (Lipinski definition) is 2. The predicted octanol–water partition coefficient (Wildman–Crippen LogP) is 3.18. The first-order chi connectivity index (χ1) is 15.0. The normalized spacial score (nSPS) is 14.5. The molecule has 0 radical (unpaired) electrons. The van der Waals surface area contributed by atoms with Crippen LogP contribution in [0, 0.1) is 0 Å². The van der Waals surface area contributed by atoms with Crippen molar-refractivity contribution in [1.82, 2.24) is 25.2 Å². The first kappa shape index (κ1) is 21.2. The van der Waals surface area contributed by atoms with Crippen molar-refractivity contribution in [1.29, 1.82) is 0 Å². The molecule has 0 unspecified atom stereocenters. The van der Waals surface area contributed by atoms with E-state index in [9.17, 15) is 9.59 Å².